The molecular formula is C16H22O4. The molecule has 0 bridgehead atoms. The minimum absolute atomic E-state index is 0.242. The van der Waals surface area contributed by atoms with Gasteiger partial charge >= 0.3 is 0 Å². The average molecular weight is 278 g/mol. The van der Waals surface area contributed by atoms with Gasteiger partial charge in [-0.25, -0.2) is 0 Å². The highest BCUT2D eigenvalue weighted by molar-refractivity contribution is 5.44. The van der Waals surface area contributed by atoms with Crippen LogP contribution in [0.2, 0.25) is 0 Å². The molecule has 1 heterocycles. The van der Waals surface area contributed by atoms with E-state index in [1.54, 1.807) is 14.2 Å². The van der Waals surface area contributed by atoms with Gasteiger partial charge in [0.15, 0.2) is 0 Å². The van der Waals surface area contributed by atoms with E-state index in [1.165, 1.54) is 0 Å². The van der Waals surface area contributed by atoms with Crippen molar-refractivity contribution in [2.24, 2.45) is 0 Å². The number of hydrogen-bond donors (Lipinski definition) is 1. The SMILES string of the molecule is COc1ccc2c(c1)OC1(CCC(OC)CC1)C[C@H]2O. The van der Waals surface area contributed by atoms with E-state index in [2.05, 4.69) is 0 Å². The second kappa shape index (κ2) is 5.26. The van der Waals surface area contributed by atoms with Crippen molar-refractivity contribution >= 4 is 0 Å². The van der Waals surface area contributed by atoms with Crippen molar-refractivity contribution in [3.63, 3.8) is 0 Å². The fraction of sp³-hybridized carbons (Fsp3) is 0.625. The van der Waals surface area contributed by atoms with Crippen LogP contribution in [0, 0.1) is 0 Å². The number of aliphatic hydroxyl groups is 1. The van der Waals surface area contributed by atoms with Gasteiger partial charge in [0.2, 0.25) is 0 Å². The lowest BCUT2D eigenvalue weighted by atomic mass is 9.77. The summed E-state index contributed by atoms with van der Waals surface area (Å²) in [5.41, 5.74) is 0.624. The summed E-state index contributed by atoms with van der Waals surface area (Å²) in [6.07, 6.45) is 4.38. The van der Waals surface area contributed by atoms with Crippen molar-refractivity contribution in [3.05, 3.63) is 23.8 Å². The Kier molecular flexibility index (Phi) is 3.61. The Morgan fingerprint density at radius 3 is 2.65 bits per heavy atom. The largest absolute Gasteiger partial charge is 0.497 e. The maximum atomic E-state index is 10.4. The van der Waals surface area contributed by atoms with Gasteiger partial charge in [-0.05, 0) is 37.8 Å². The first-order chi connectivity index (χ1) is 9.65. The molecule has 3 rings (SSSR count). The lowest BCUT2D eigenvalue weighted by molar-refractivity contribution is -0.0672. The summed E-state index contributed by atoms with van der Waals surface area (Å²) < 4.78 is 16.9. The molecule has 1 aliphatic heterocycles. The van der Waals surface area contributed by atoms with E-state index in [4.69, 9.17) is 14.2 Å². The summed E-state index contributed by atoms with van der Waals surface area (Å²) in [4.78, 5) is 0. The molecule has 110 valence electrons. The van der Waals surface area contributed by atoms with E-state index in [-0.39, 0.29) is 5.60 Å². The lowest BCUT2D eigenvalue weighted by Crippen LogP contribution is -2.45. The first kappa shape index (κ1) is 13.7. The molecule has 4 heteroatoms. The van der Waals surface area contributed by atoms with Crippen molar-refractivity contribution in [2.75, 3.05) is 14.2 Å². The highest BCUT2D eigenvalue weighted by Gasteiger charge is 2.43. The molecule has 0 saturated heterocycles. The van der Waals surface area contributed by atoms with E-state index in [0.717, 1.165) is 42.7 Å². The highest BCUT2D eigenvalue weighted by Crippen LogP contribution is 2.47. The predicted octanol–water partition coefficient (Wildman–Crippen LogP) is 2.84. The van der Waals surface area contributed by atoms with Gasteiger partial charge < -0.3 is 19.3 Å². The van der Waals surface area contributed by atoms with Crippen LogP contribution in [0.15, 0.2) is 18.2 Å². The normalized spacial score (nSPS) is 32.5. The van der Waals surface area contributed by atoms with E-state index in [9.17, 15) is 5.11 Å². The number of aliphatic hydroxyl groups excluding tert-OH is 1. The van der Waals surface area contributed by atoms with Gasteiger partial charge in [-0.1, -0.05) is 0 Å². The van der Waals surface area contributed by atoms with Gasteiger partial charge in [-0.3, -0.25) is 0 Å². The molecule has 20 heavy (non-hydrogen) atoms. The van der Waals surface area contributed by atoms with Crippen LogP contribution in [0.3, 0.4) is 0 Å². The molecule has 1 spiro atoms. The van der Waals surface area contributed by atoms with Crippen molar-refractivity contribution in [1.82, 2.24) is 0 Å². The molecule has 4 nitrogen and oxygen atoms in total. The minimum atomic E-state index is -0.455. The van der Waals surface area contributed by atoms with Gasteiger partial charge in [0.05, 0.1) is 19.3 Å². The molecule has 1 saturated carbocycles. The first-order valence-corrected chi connectivity index (χ1v) is 7.23. The number of benzene rings is 1. The van der Waals surface area contributed by atoms with Gasteiger partial charge in [0.25, 0.3) is 0 Å². The van der Waals surface area contributed by atoms with Crippen LogP contribution >= 0.6 is 0 Å². The summed E-state index contributed by atoms with van der Waals surface area (Å²) in [6.45, 7) is 0. The molecule has 2 aliphatic rings. The molecule has 1 aromatic carbocycles. The molecule has 1 fully saturated rings. The third kappa shape index (κ3) is 2.38. The Balaban J connectivity index is 1.84. The molecule has 0 aromatic heterocycles. The summed E-state index contributed by atoms with van der Waals surface area (Å²) in [7, 11) is 3.40. The van der Waals surface area contributed by atoms with Crippen molar-refractivity contribution in [3.8, 4) is 11.5 Å². The molecule has 0 radical (unpaired) electrons. The number of methoxy groups -OCH3 is 2. The summed E-state index contributed by atoms with van der Waals surface area (Å²) in [6, 6.07) is 5.64. The second-order valence-electron chi connectivity index (χ2n) is 5.84. The van der Waals surface area contributed by atoms with E-state index >= 15 is 0 Å². The maximum Gasteiger partial charge on any atom is 0.129 e. The van der Waals surface area contributed by atoms with Crippen LogP contribution in [0.4, 0.5) is 0 Å². The third-order valence-corrected chi connectivity index (χ3v) is 4.65. The van der Waals surface area contributed by atoms with Crippen molar-refractivity contribution in [1.29, 1.82) is 0 Å². The van der Waals surface area contributed by atoms with E-state index in [0.29, 0.717) is 12.5 Å². The standard InChI is InChI=1S/C16H22O4/c1-18-11-5-7-16(8-6-11)10-14(17)13-4-3-12(19-2)9-15(13)20-16/h3-4,9,11,14,17H,5-8,10H2,1-2H3/t11?,14-,16?/m1/s1. The van der Waals surface area contributed by atoms with Gasteiger partial charge in [0, 0.05) is 25.2 Å². The summed E-state index contributed by atoms with van der Waals surface area (Å²) in [5.74, 6) is 1.53. The molecule has 1 N–H and O–H groups in total. The van der Waals surface area contributed by atoms with Crippen LogP contribution in [0.5, 0.6) is 11.5 Å². The van der Waals surface area contributed by atoms with Gasteiger partial charge in [-0.15, -0.1) is 0 Å². The zero-order chi connectivity index (χ0) is 14.2. The van der Waals surface area contributed by atoms with E-state index < -0.39 is 6.10 Å². The van der Waals surface area contributed by atoms with Crippen LogP contribution < -0.4 is 9.47 Å². The molecule has 0 unspecified atom stereocenters. The fourth-order valence-electron chi connectivity index (χ4n) is 3.40. The zero-order valence-corrected chi connectivity index (χ0v) is 12.1. The Bertz CT molecular complexity index is 477. The monoisotopic (exact) mass is 278 g/mol. The molecule has 1 aliphatic carbocycles. The third-order valence-electron chi connectivity index (χ3n) is 4.65. The topological polar surface area (TPSA) is 47.9 Å². The molecule has 0 amide bonds. The van der Waals surface area contributed by atoms with Crippen LogP contribution in [-0.2, 0) is 4.74 Å². The quantitative estimate of drug-likeness (QED) is 0.903. The Hall–Kier alpha value is -1.26. The number of rotatable bonds is 2. The van der Waals surface area contributed by atoms with Crippen LogP contribution in [-0.4, -0.2) is 31.0 Å². The fourth-order valence-corrected chi connectivity index (χ4v) is 3.40. The maximum absolute atomic E-state index is 10.4. The Morgan fingerprint density at radius 2 is 2.00 bits per heavy atom. The first-order valence-electron chi connectivity index (χ1n) is 7.23. The summed E-state index contributed by atoms with van der Waals surface area (Å²) in [5, 5.41) is 10.4. The minimum Gasteiger partial charge on any atom is -0.497 e. The average Bonchev–Trinajstić information content (AvgIpc) is 2.47. The molecule has 1 aromatic rings. The number of ether oxygens (including phenoxy) is 3. The van der Waals surface area contributed by atoms with E-state index in [1.807, 2.05) is 18.2 Å². The molecule has 1 atom stereocenters. The lowest BCUT2D eigenvalue weighted by Gasteiger charge is -2.44. The van der Waals surface area contributed by atoms with Crippen LogP contribution in [0.25, 0.3) is 0 Å². The number of fused-ring (bicyclic) bond motifs is 1. The van der Waals surface area contributed by atoms with Gasteiger partial charge in [-0.2, -0.15) is 0 Å². The highest BCUT2D eigenvalue weighted by atomic mass is 16.5. The zero-order valence-electron chi connectivity index (χ0n) is 12.1. The predicted molar refractivity (Wildman–Crippen MR) is 75.2 cm³/mol. The Labute approximate surface area is 119 Å². The van der Waals surface area contributed by atoms with Gasteiger partial charge in [0.1, 0.15) is 17.1 Å². The van der Waals surface area contributed by atoms with Crippen molar-refractivity contribution < 1.29 is 19.3 Å². The van der Waals surface area contributed by atoms with Crippen LogP contribution in [0.1, 0.15) is 43.8 Å². The Morgan fingerprint density at radius 1 is 1.25 bits per heavy atom. The second-order valence-corrected chi connectivity index (χ2v) is 5.84. The smallest absolute Gasteiger partial charge is 0.129 e. The number of hydrogen-bond acceptors (Lipinski definition) is 4. The molecular weight excluding hydrogens is 256 g/mol. The summed E-state index contributed by atoms with van der Waals surface area (Å²) >= 11 is 0. The van der Waals surface area contributed by atoms with Crippen molar-refractivity contribution in [2.45, 2.75) is 49.9 Å².